The summed E-state index contributed by atoms with van der Waals surface area (Å²) >= 11 is 0. The minimum atomic E-state index is -5.44. The Kier molecular flexibility index (Phi) is 6.46. The van der Waals surface area contributed by atoms with E-state index in [1.54, 1.807) is 18.3 Å². The standard InChI is InChI=1S/C19H14F3N5O8S2/c20-19(21,22)34-17-11(3-4-14(28)24-9-10-2-1-6-23-10)12(26-37(32,33)15-5-7-25-35-15)8-13-16(17)18(29)27-36(13,30)31/h1-8,23,26H,9H2,(H,24,28)(H,27,29)/b4-3+. The fourth-order valence-electron chi connectivity index (χ4n) is 3.19. The van der Waals surface area contributed by atoms with Gasteiger partial charge in [0.25, 0.3) is 31.0 Å². The van der Waals surface area contributed by atoms with Gasteiger partial charge in [-0.2, -0.15) is 8.42 Å². The molecule has 1 aliphatic heterocycles. The zero-order valence-electron chi connectivity index (χ0n) is 18.0. The summed E-state index contributed by atoms with van der Waals surface area (Å²) in [6, 6.07) is 4.83. The highest BCUT2D eigenvalue weighted by atomic mass is 32.2. The van der Waals surface area contributed by atoms with E-state index in [0.717, 1.165) is 24.4 Å². The molecule has 196 valence electrons. The summed E-state index contributed by atoms with van der Waals surface area (Å²) in [4.78, 5) is 26.4. The van der Waals surface area contributed by atoms with E-state index in [2.05, 4.69) is 24.7 Å². The van der Waals surface area contributed by atoms with E-state index >= 15 is 0 Å². The monoisotopic (exact) mass is 561 g/mol. The maximum atomic E-state index is 13.3. The number of alkyl halides is 3. The zero-order chi connectivity index (χ0) is 27.0. The number of carbonyl (C=O) groups excluding carboxylic acids is 2. The molecule has 2 aromatic heterocycles. The van der Waals surface area contributed by atoms with Gasteiger partial charge in [0.15, 0.2) is 5.75 Å². The van der Waals surface area contributed by atoms with Crippen molar-refractivity contribution >= 4 is 43.6 Å². The number of hydrogen-bond acceptors (Lipinski definition) is 9. The molecule has 13 nitrogen and oxygen atoms in total. The van der Waals surface area contributed by atoms with Gasteiger partial charge in [0.1, 0.15) is 10.5 Å². The van der Waals surface area contributed by atoms with Crippen molar-refractivity contribution in [3.63, 3.8) is 0 Å². The molecule has 0 saturated carbocycles. The van der Waals surface area contributed by atoms with Gasteiger partial charge in [-0.15, -0.1) is 13.2 Å². The second-order valence-corrected chi connectivity index (χ2v) is 10.5. The summed E-state index contributed by atoms with van der Waals surface area (Å²) < 4.78 is 102. The van der Waals surface area contributed by atoms with Crippen molar-refractivity contribution in [1.29, 1.82) is 0 Å². The molecule has 0 spiro atoms. The topological polar surface area (TPSA) is 190 Å². The molecular weight excluding hydrogens is 547 g/mol. The predicted molar refractivity (Wildman–Crippen MR) is 117 cm³/mol. The van der Waals surface area contributed by atoms with Gasteiger partial charge < -0.3 is 19.6 Å². The van der Waals surface area contributed by atoms with Crippen LogP contribution in [0.4, 0.5) is 18.9 Å². The van der Waals surface area contributed by atoms with E-state index in [-0.39, 0.29) is 6.54 Å². The highest BCUT2D eigenvalue weighted by Gasteiger charge is 2.42. The molecule has 0 bridgehead atoms. The van der Waals surface area contributed by atoms with E-state index in [0.29, 0.717) is 11.8 Å². The van der Waals surface area contributed by atoms with E-state index in [4.69, 9.17) is 0 Å². The first kappa shape index (κ1) is 25.8. The molecule has 3 heterocycles. The second-order valence-electron chi connectivity index (χ2n) is 7.21. The Labute approximate surface area is 205 Å². The Balaban J connectivity index is 1.85. The lowest BCUT2D eigenvalue weighted by molar-refractivity contribution is -0.274. The Hall–Kier alpha value is -4.32. The van der Waals surface area contributed by atoms with Gasteiger partial charge in [0.2, 0.25) is 5.91 Å². The fourth-order valence-corrected chi connectivity index (χ4v) is 5.32. The highest BCUT2D eigenvalue weighted by Crippen LogP contribution is 2.42. The number of rotatable bonds is 8. The van der Waals surface area contributed by atoms with Crippen molar-refractivity contribution in [1.82, 2.24) is 20.2 Å². The lowest BCUT2D eigenvalue weighted by atomic mass is 10.0. The van der Waals surface area contributed by atoms with Crippen molar-refractivity contribution in [2.75, 3.05) is 4.72 Å². The largest absolute Gasteiger partial charge is 0.573 e. The number of aromatic nitrogens is 2. The molecule has 4 rings (SSSR count). The summed E-state index contributed by atoms with van der Waals surface area (Å²) in [7, 11) is -9.33. The van der Waals surface area contributed by atoms with Crippen LogP contribution in [0, 0.1) is 0 Å². The smallest absolute Gasteiger partial charge is 0.404 e. The SMILES string of the molecule is O=C(/C=C/c1c(NS(=O)(=O)c2ccno2)cc2c(c1OC(F)(F)F)C(=O)NS2(=O)=O)NCc1ccc[nH]1. The van der Waals surface area contributed by atoms with Crippen LogP contribution in [0.25, 0.3) is 6.08 Å². The van der Waals surface area contributed by atoms with Crippen LogP contribution in [0.1, 0.15) is 21.6 Å². The third-order valence-corrected chi connectivity index (χ3v) is 7.27. The van der Waals surface area contributed by atoms with Crippen molar-refractivity contribution in [3.05, 3.63) is 59.6 Å². The predicted octanol–water partition coefficient (Wildman–Crippen LogP) is 1.46. The number of amides is 2. The van der Waals surface area contributed by atoms with E-state index < -0.39 is 70.8 Å². The molecule has 0 fully saturated rings. The maximum Gasteiger partial charge on any atom is 0.573 e. The van der Waals surface area contributed by atoms with Crippen molar-refractivity contribution < 1.29 is 48.9 Å². The molecule has 2 amide bonds. The molecule has 1 aromatic carbocycles. The zero-order valence-corrected chi connectivity index (χ0v) is 19.6. The number of anilines is 1. The van der Waals surface area contributed by atoms with E-state index in [1.165, 1.54) is 4.72 Å². The minimum absolute atomic E-state index is 0.0118. The van der Waals surface area contributed by atoms with Gasteiger partial charge in [0, 0.05) is 29.6 Å². The van der Waals surface area contributed by atoms with Crippen molar-refractivity contribution in [3.8, 4) is 5.75 Å². The van der Waals surface area contributed by atoms with Gasteiger partial charge in [-0.3, -0.25) is 14.3 Å². The van der Waals surface area contributed by atoms with E-state index in [9.17, 15) is 39.6 Å². The number of aromatic amines is 1. The Morgan fingerprint density at radius 2 is 2.03 bits per heavy atom. The molecule has 0 atom stereocenters. The van der Waals surface area contributed by atoms with E-state index in [1.807, 2.05) is 4.72 Å². The number of fused-ring (bicyclic) bond motifs is 1. The number of nitrogens with zero attached hydrogens (tertiary/aromatic N) is 1. The number of hydrogen-bond donors (Lipinski definition) is 4. The lowest BCUT2D eigenvalue weighted by Crippen LogP contribution is -2.23. The highest BCUT2D eigenvalue weighted by molar-refractivity contribution is 7.92. The number of sulfonamides is 2. The summed E-state index contributed by atoms with van der Waals surface area (Å²) in [6.45, 7) is 0.0118. The molecule has 0 unspecified atom stereocenters. The molecule has 37 heavy (non-hydrogen) atoms. The Morgan fingerprint density at radius 3 is 2.65 bits per heavy atom. The average molecular weight is 561 g/mol. The van der Waals surface area contributed by atoms with Crippen LogP contribution in [0.2, 0.25) is 0 Å². The van der Waals surface area contributed by atoms with Crippen LogP contribution in [0.3, 0.4) is 0 Å². The summed E-state index contributed by atoms with van der Waals surface area (Å²) in [6.07, 6.45) is -1.42. The third-order valence-electron chi connectivity index (χ3n) is 4.69. The number of carbonyl (C=O) groups is 2. The van der Waals surface area contributed by atoms with Gasteiger partial charge in [-0.1, -0.05) is 5.16 Å². The third kappa shape index (κ3) is 5.59. The molecule has 1 aliphatic rings. The van der Waals surface area contributed by atoms with Crippen molar-refractivity contribution in [2.45, 2.75) is 22.9 Å². The first-order valence-corrected chi connectivity index (χ1v) is 12.8. The van der Waals surface area contributed by atoms with Gasteiger partial charge in [-0.05, 0) is 24.3 Å². The lowest BCUT2D eigenvalue weighted by Gasteiger charge is -2.18. The number of ether oxygens (including phenoxy) is 1. The number of H-pyrrole nitrogens is 1. The van der Waals surface area contributed by atoms with Crippen LogP contribution in [-0.4, -0.2) is 45.2 Å². The molecule has 0 saturated heterocycles. The normalized spacial score (nSPS) is 14.8. The first-order chi connectivity index (χ1) is 17.3. The Morgan fingerprint density at radius 1 is 1.27 bits per heavy atom. The van der Waals surface area contributed by atoms with Crippen LogP contribution in [0.5, 0.6) is 5.75 Å². The Bertz CT molecular complexity index is 1600. The number of nitrogens with one attached hydrogen (secondary N) is 4. The maximum absolute atomic E-state index is 13.3. The van der Waals surface area contributed by atoms with Crippen LogP contribution in [-0.2, 0) is 31.4 Å². The average Bonchev–Trinajstić information content (AvgIpc) is 3.52. The number of halogens is 3. The molecular formula is C19H14F3N5O8S2. The molecule has 18 heteroatoms. The first-order valence-electron chi connectivity index (χ1n) is 9.82. The summed E-state index contributed by atoms with van der Waals surface area (Å²) in [5.74, 6) is -3.63. The van der Waals surface area contributed by atoms with Crippen molar-refractivity contribution in [2.24, 2.45) is 0 Å². The minimum Gasteiger partial charge on any atom is -0.404 e. The molecule has 0 radical (unpaired) electrons. The fraction of sp³-hybridized carbons (Fsp3) is 0.105. The second kappa shape index (κ2) is 9.28. The molecule has 3 aromatic rings. The van der Waals surface area contributed by atoms with Gasteiger partial charge in [0.05, 0.1) is 18.4 Å². The van der Waals surface area contributed by atoms with Crippen LogP contribution >= 0.6 is 0 Å². The number of benzene rings is 1. The van der Waals surface area contributed by atoms with Gasteiger partial charge in [-0.25, -0.2) is 13.1 Å². The summed E-state index contributed by atoms with van der Waals surface area (Å²) in [5, 5.41) is 4.89. The van der Waals surface area contributed by atoms with Crippen LogP contribution in [0.15, 0.2) is 57.2 Å². The van der Waals surface area contributed by atoms with Gasteiger partial charge >= 0.3 is 6.36 Å². The van der Waals surface area contributed by atoms with Crippen LogP contribution < -0.4 is 19.5 Å². The summed E-state index contributed by atoms with van der Waals surface area (Å²) in [5.41, 5.74) is -1.99. The molecule has 4 N–H and O–H groups in total. The molecule has 0 aliphatic carbocycles. The quantitative estimate of drug-likeness (QED) is 0.295.